The van der Waals surface area contributed by atoms with Gasteiger partial charge in [-0.15, -0.1) is 0 Å². The Kier molecular flexibility index (Phi) is 6.10. The van der Waals surface area contributed by atoms with Gasteiger partial charge in [-0.25, -0.2) is 4.39 Å². The average Bonchev–Trinajstić information content (AvgIpc) is 3.29. The maximum Gasteiger partial charge on any atom is 0.174 e. The van der Waals surface area contributed by atoms with Crippen LogP contribution in [0.3, 0.4) is 0 Å². The first-order valence-corrected chi connectivity index (χ1v) is 10.4. The van der Waals surface area contributed by atoms with Crippen LogP contribution in [0.2, 0.25) is 0 Å². The Hall–Kier alpha value is -2.78. The fraction of sp³-hybridized carbons (Fsp3) is 0.381. The molecule has 0 atom stereocenters. The number of anilines is 1. The number of hydrogen-bond acceptors (Lipinski definition) is 4. The Morgan fingerprint density at radius 1 is 1.07 bits per heavy atom. The quantitative estimate of drug-likeness (QED) is 0.632. The summed E-state index contributed by atoms with van der Waals surface area (Å²) < 4.78 is 17.4. The lowest BCUT2D eigenvalue weighted by Crippen LogP contribution is -2.49. The van der Waals surface area contributed by atoms with Crippen LogP contribution < -0.4 is 5.32 Å². The number of aryl methyl sites for hydroxylation is 2. The van der Waals surface area contributed by atoms with Crippen molar-refractivity contribution in [3.63, 3.8) is 0 Å². The molecule has 1 aliphatic heterocycles. The fourth-order valence-corrected chi connectivity index (χ4v) is 3.95. The van der Waals surface area contributed by atoms with Crippen molar-refractivity contribution in [1.82, 2.24) is 29.4 Å². The zero-order valence-corrected chi connectivity index (χ0v) is 18.1. The normalized spacial score (nSPS) is 14.8. The van der Waals surface area contributed by atoms with Crippen LogP contribution in [0.4, 0.5) is 10.2 Å². The molecule has 2 aromatic heterocycles. The van der Waals surface area contributed by atoms with Crippen LogP contribution in [-0.2, 0) is 20.1 Å². The third-order valence-corrected chi connectivity index (χ3v) is 5.69. The molecule has 0 amide bonds. The molecule has 0 bridgehead atoms. The molecule has 1 N–H and O–H groups in total. The van der Waals surface area contributed by atoms with Crippen molar-refractivity contribution in [3.05, 3.63) is 65.4 Å². The van der Waals surface area contributed by atoms with Crippen LogP contribution in [0, 0.1) is 12.7 Å². The minimum atomic E-state index is -0.225. The minimum absolute atomic E-state index is 0.225. The first-order chi connectivity index (χ1) is 14.5. The van der Waals surface area contributed by atoms with Crippen molar-refractivity contribution in [3.8, 4) is 0 Å². The molecule has 0 saturated carbocycles. The minimum Gasteiger partial charge on any atom is -0.346 e. The summed E-state index contributed by atoms with van der Waals surface area (Å²) >= 11 is 5.58. The number of nitrogens with zero attached hydrogens (tertiary/aromatic N) is 6. The molecule has 4 rings (SSSR count). The van der Waals surface area contributed by atoms with Gasteiger partial charge in [-0.05, 0) is 25.2 Å². The van der Waals surface area contributed by atoms with E-state index in [1.807, 2.05) is 30.1 Å². The largest absolute Gasteiger partial charge is 0.346 e. The van der Waals surface area contributed by atoms with Gasteiger partial charge in [0.2, 0.25) is 0 Å². The summed E-state index contributed by atoms with van der Waals surface area (Å²) in [5.41, 5.74) is 2.96. The number of halogens is 1. The highest BCUT2D eigenvalue weighted by Gasteiger charge is 2.20. The highest BCUT2D eigenvalue weighted by Crippen LogP contribution is 2.14. The smallest absolute Gasteiger partial charge is 0.174 e. The SMILES string of the molecule is Cc1nn(C)cc1CN1CCN(C(=S)Nc2ccn(Cc3ccccc3F)n2)CC1. The van der Waals surface area contributed by atoms with Crippen LogP contribution in [-0.4, -0.2) is 60.7 Å². The molecule has 0 radical (unpaired) electrons. The van der Waals surface area contributed by atoms with E-state index < -0.39 is 0 Å². The van der Waals surface area contributed by atoms with Gasteiger partial charge in [-0.3, -0.25) is 14.3 Å². The zero-order chi connectivity index (χ0) is 21.1. The van der Waals surface area contributed by atoms with Crippen molar-refractivity contribution < 1.29 is 4.39 Å². The van der Waals surface area contributed by atoms with Crippen LogP contribution in [0.25, 0.3) is 0 Å². The van der Waals surface area contributed by atoms with E-state index in [1.165, 1.54) is 11.6 Å². The van der Waals surface area contributed by atoms with Crippen molar-refractivity contribution >= 4 is 23.1 Å². The van der Waals surface area contributed by atoms with Crippen LogP contribution in [0.15, 0.2) is 42.7 Å². The van der Waals surface area contributed by atoms with Crippen LogP contribution in [0.1, 0.15) is 16.8 Å². The molecule has 9 heteroatoms. The molecule has 1 aromatic carbocycles. The number of hydrogen-bond donors (Lipinski definition) is 1. The molecular formula is C21H26FN7S. The first kappa shape index (κ1) is 20.5. The molecule has 3 aromatic rings. The summed E-state index contributed by atoms with van der Waals surface area (Å²) in [4.78, 5) is 4.59. The van der Waals surface area contributed by atoms with Gasteiger partial charge in [0.25, 0.3) is 0 Å². The summed E-state index contributed by atoms with van der Waals surface area (Å²) in [7, 11) is 1.95. The van der Waals surface area contributed by atoms with Gasteiger partial charge in [0.05, 0.1) is 12.2 Å². The second-order valence-corrected chi connectivity index (χ2v) is 7.98. The van der Waals surface area contributed by atoms with Gasteiger partial charge in [-0.2, -0.15) is 10.2 Å². The number of aromatic nitrogens is 4. The van der Waals surface area contributed by atoms with Gasteiger partial charge in [0.1, 0.15) is 5.82 Å². The Labute approximate surface area is 181 Å². The van der Waals surface area contributed by atoms with Gasteiger partial charge in [0.15, 0.2) is 10.9 Å². The molecule has 30 heavy (non-hydrogen) atoms. The lowest BCUT2D eigenvalue weighted by Gasteiger charge is -2.35. The molecule has 1 aliphatic rings. The summed E-state index contributed by atoms with van der Waals surface area (Å²) in [6, 6.07) is 8.59. The van der Waals surface area contributed by atoms with E-state index in [0.717, 1.165) is 38.4 Å². The topological polar surface area (TPSA) is 54.2 Å². The number of rotatable bonds is 5. The van der Waals surface area contributed by atoms with Crippen molar-refractivity contribution in [2.45, 2.75) is 20.0 Å². The molecular weight excluding hydrogens is 401 g/mol. The van der Waals surface area contributed by atoms with Crippen molar-refractivity contribution in [2.24, 2.45) is 7.05 Å². The number of thiocarbonyl (C=S) groups is 1. The maximum atomic E-state index is 13.8. The Balaban J connectivity index is 1.27. The summed E-state index contributed by atoms with van der Waals surface area (Å²) in [6.45, 7) is 6.95. The first-order valence-electron chi connectivity index (χ1n) is 10.0. The third-order valence-electron chi connectivity index (χ3n) is 5.33. The summed E-state index contributed by atoms with van der Waals surface area (Å²) in [5.74, 6) is 0.446. The van der Waals surface area contributed by atoms with Gasteiger partial charge in [-0.1, -0.05) is 18.2 Å². The maximum absolute atomic E-state index is 13.8. The second-order valence-electron chi connectivity index (χ2n) is 7.60. The lowest BCUT2D eigenvalue weighted by atomic mass is 10.2. The monoisotopic (exact) mass is 427 g/mol. The van der Waals surface area contributed by atoms with E-state index in [0.29, 0.717) is 23.0 Å². The Bertz CT molecular complexity index is 1020. The molecule has 0 aliphatic carbocycles. The summed E-state index contributed by atoms with van der Waals surface area (Å²) in [6.07, 6.45) is 3.91. The van der Waals surface area contributed by atoms with E-state index in [9.17, 15) is 4.39 Å². The zero-order valence-electron chi connectivity index (χ0n) is 17.3. The molecule has 0 spiro atoms. The van der Waals surface area contributed by atoms with Gasteiger partial charge >= 0.3 is 0 Å². The number of nitrogens with one attached hydrogen (secondary N) is 1. The van der Waals surface area contributed by atoms with E-state index in [4.69, 9.17) is 12.2 Å². The van der Waals surface area contributed by atoms with Crippen molar-refractivity contribution in [2.75, 3.05) is 31.5 Å². The highest BCUT2D eigenvalue weighted by atomic mass is 32.1. The molecule has 158 valence electrons. The summed E-state index contributed by atoms with van der Waals surface area (Å²) in [5, 5.41) is 12.8. The number of benzene rings is 1. The molecule has 0 unspecified atom stereocenters. The second kappa shape index (κ2) is 8.93. The van der Waals surface area contributed by atoms with E-state index in [2.05, 4.69) is 38.4 Å². The predicted octanol–water partition coefficient (Wildman–Crippen LogP) is 2.63. The predicted molar refractivity (Wildman–Crippen MR) is 119 cm³/mol. The van der Waals surface area contributed by atoms with Crippen molar-refractivity contribution in [1.29, 1.82) is 0 Å². The standard InChI is InChI=1S/C21H26FN7S/c1-16-18(13-26(2)24-16)14-27-9-11-28(12-10-27)21(30)23-20-7-8-29(25-20)15-17-5-3-4-6-19(17)22/h3-8,13H,9-12,14-15H2,1-2H3,(H,23,25,30). The Morgan fingerprint density at radius 2 is 1.83 bits per heavy atom. The highest BCUT2D eigenvalue weighted by molar-refractivity contribution is 7.80. The molecule has 1 fully saturated rings. The molecule has 7 nitrogen and oxygen atoms in total. The van der Waals surface area contributed by atoms with Crippen LogP contribution in [0.5, 0.6) is 0 Å². The van der Waals surface area contributed by atoms with Gasteiger partial charge < -0.3 is 10.2 Å². The van der Waals surface area contributed by atoms with E-state index >= 15 is 0 Å². The number of piperazine rings is 1. The third kappa shape index (κ3) is 4.85. The average molecular weight is 428 g/mol. The Morgan fingerprint density at radius 3 is 2.53 bits per heavy atom. The van der Waals surface area contributed by atoms with Gasteiger partial charge in [0, 0.05) is 69.4 Å². The molecule has 1 saturated heterocycles. The molecule has 3 heterocycles. The lowest BCUT2D eigenvalue weighted by molar-refractivity contribution is 0.176. The fourth-order valence-electron chi connectivity index (χ4n) is 3.66. The van der Waals surface area contributed by atoms with Crippen LogP contribution >= 0.6 is 12.2 Å². The van der Waals surface area contributed by atoms with E-state index in [1.54, 1.807) is 16.8 Å². The van der Waals surface area contributed by atoms with E-state index in [-0.39, 0.29) is 5.82 Å².